The van der Waals surface area contributed by atoms with Crippen LogP contribution < -0.4 is 22.1 Å². The Balaban J connectivity index is 1.90. The molecule has 15 heteroatoms. The highest BCUT2D eigenvalue weighted by Crippen LogP contribution is 2.19. The highest BCUT2D eigenvalue weighted by Gasteiger charge is 2.20. The van der Waals surface area contributed by atoms with E-state index < -0.39 is 47.7 Å². The van der Waals surface area contributed by atoms with E-state index in [9.17, 15) is 34.0 Å². The molecule has 0 radical (unpaired) electrons. The van der Waals surface area contributed by atoms with Gasteiger partial charge in [0.05, 0.1) is 0 Å². The van der Waals surface area contributed by atoms with Crippen molar-refractivity contribution in [2.75, 3.05) is 0 Å². The summed E-state index contributed by atoms with van der Waals surface area (Å²) >= 11 is 0. The molecule has 246 valence electrons. The number of primary amides is 2. The van der Waals surface area contributed by atoms with E-state index in [2.05, 4.69) is 15.7 Å². The standard InChI is InChI=1S/C32H34N6O9/c33-27(39)19-17-25(31(43)44)35-29(41)7-3-1-5-21-9-13-23(14-10-21)37-38(47)24-15-11-22(12-16-24)6-2-4-8-30(42)36-26(32(45)46)18-20-28(34)40/h1-16,25-26H,17-20H2,(H2,33,39)(H2,34,40)(H,35,41)(H,36,42)(H,43,44)(H,45,46)/b5-1+,6-2+,7-3+,8-4+,38-37?. The smallest absolute Gasteiger partial charge is 0.326 e. The zero-order valence-electron chi connectivity index (χ0n) is 25.0. The lowest BCUT2D eigenvalue weighted by molar-refractivity contribution is -0.435. The molecule has 8 N–H and O–H groups in total. The number of carbonyl (C=O) groups excluding carboxylic acids is 4. The quantitative estimate of drug-likeness (QED) is 0.0456. The summed E-state index contributed by atoms with van der Waals surface area (Å²) in [5.74, 6) is -5.20. The van der Waals surface area contributed by atoms with Gasteiger partial charge in [-0.3, -0.25) is 19.2 Å². The average Bonchev–Trinajstić information content (AvgIpc) is 3.02. The second kappa shape index (κ2) is 19.1. The molecule has 0 bridgehead atoms. The normalized spacial score (nSPS) is 13.1. The Morgan fingerprint density at radius 3 is 1.49 bits per heavy atom. The number of aliphatic carboxylic acids is 2. The highest BCUT2D eigenvalue weighted by molar-refractivity contribution is 5.92. The van der Waals surface area contributed by atoms with Crippen LogP contribution in [-0.2, 0) is 28.8 Å². The Hall–Kier alpha value is -6.38. The maximum Gasteiger partial charge on any atom is 0.326 e. The van der Waals surface area contributed by atoms with E-state index in [0.717, 1.165) is 17.7 Å². The monoisotopic (exact) mass is 646 g/mol. The third-order valence-electron chi connectivity index (χ3n) is 6.10. The van der Waals surface area contributed by atoms with E-state index in [1.54, 1.807) is 72.8 Å². The molecule has 15 nitrogen and oxygen atoms in total. The molecule has 0 spiro atoms. The van der Waals surface area contributed by atoms with Crippen molar-refractivity contribution in [1.82, 2.24) is 10.6 Å². The summed E-state index contributed by atoms with van der Waals surface area (Å²) in [5.41, 5.74) is 12.1. The number of carboxylic acid groups (broad SMARTS) is 2. The van der Waals surface area contributed by atoms with Crippen LogP contribution in [0.25, 0.3) is 12.2 Å². The molecule has 0 heterocycles. The lowest BCUT2D eigenvalue weighted by Crippen LogP contribution is -2.40. The minimum absolute atomic E-state index is 0.120. The van der Waals surface area contributed by atoms with Gasteiger partial charge in [0.2, 0.25) is 29.3 Å². The maximum absolute atomic E-state index is 12.5. The van der Waals surface area contributed by atoms with Gasteiger partial charge in [-0.15, -0.1) is 0 Å². The Labute approximate surface area is 269 Å². The lowest BCUT2D eigenvalue weighted by Gasteiger charge is -2.11. The van der Waals surface area contributed by atoms with Crippen molar-refractivity contribution in [3.8, 4) is 0 Å². The van der Waals surface area contributed by atoms with Gasteiger partial charge < -0.3 is 37.5 Å². The summed E-state index contributed by atoms with van der Waals surface area (Å²) in [6.45, 7) is 0. The molecule has 0 aromatic heterocycles. The predicted octanol–water partition coefficient (Wildman–Crippen LogP) is 2.42. The molecule has 2 aromatic carbocycles. The van der Waals surface area contributed by atoms with Gasteiger partial charge in [-0.25, -0.2) is 9.59 Å². The van der Waals surface area contributed by atoms with E-state index in [-0.39, 0.29) is 31.4 Å². The molecule has 0 aliphatic heterocycles. The van der Waals surface area contributed by atoms with E-state index in [4.69, 9.17) is 21.7 Å². The molecule has 47 heavy (non-hydrogen) atoms. The minimum atomic E-state index is -1.28. The van der Waals surface area contributed by atoms with Crippen LogP contribution in [-0.4, -0.2) is 62.7 Å². The first-order chi connectivity index (χ1) is 22.3. The Morgan fingerprint density at radius 2 is 1.11 bits per heavy atom. The largest absolute Gasteiger partial charge is 0.594 e. The number of nitrogens with zero attached hydrogens (tertiary/aromatic N) is 2. The number of hydrogen-bond donors (Lipinski definition) is 6. The SMILES string of the molecule is NC(=O)CCC(NC(=O)/C=C/C=C/c1ccc(N=[N+]([O-])c2ccc(/C=C/C=C/C(=O)NC(CCC(N)=O)C(=O)O)cc2)cc1)C(=O)O. The van der Waals surface area contributed by atoms with Crippen molar-refractivity contribution in [2.45, 2.75) is 37.8 Å². The number of hydrogen-bond acceptors (Lipinski definition) is 8. The number of azo groups is 1. The summed E-state index contributed by atoms with van der Waals surface area (Å²) in [6, 6.07) is 10.6. The third-order valence-corrected chi connectivity index (χ3v) is 6.10. The number of allylic oxidation sites excluding steroid dienone is 4. The molecule has 0 aliphatic carbocycles. The fraction of sp³-hybridized carbons (Fsp3) is 0.188. The number of carboxylic acids is 2. The fourth-order valence-corrected chi connectivity index (χ4v) is 3.67. The molecule has 2 rings (SSSR count). The first-order valence-corrected chi connectivity index (χ1v) is 14.1. The molecule has 2 unspecified atom stereocenters. The van der Waals surface area contributed by atoms with Gasteiger partial charge in [0, 0.05) is 42.2 Å². The molecular formula is C32H34N6O9. The van der Waals surface area contributed by atoms with Crippen molar-refractivity contribution in [2.24, 2.45) is 16.6 Å². The Morgan fingerprint density at radius 1 is 0.702 bits per heavy atom. The van der Waals surface area contributed by atoms with Crippen LogP contribution in [0.3, 0.4) is 0 Å². The van der Waals surface area contributed by atoms with E-state index in [1.165, 1.54) is 12.2 Å². The molecule has 2 atom stereocenters. The van der Waals surface area contributed by atoms with Gasteiger partial charge in [-0.2, -0.15) is 0 Å². The lowest BCUT2D eigenvalue weighted by atomic mass is 10.1. The maximum atomic E-state index is 12.5. The number of benzene rings is 2. The number of rotatable bonds is 18. The van der Waals surface area contributed by atoms with E-state index >= 15 is 0 Å². The predicted molar refractivity (Wildman–Crippen MR) is 171 cm³/mol. The Kier molecular flexibility index (Phi) is 15.0. The van der Waals surface area contributed by atoms with Crippen LogP contribution in [0.2, 0.25) is 0 Å². The van der Waals surface area contributed by atoms with Gasteiger partial charge >= 0.3 is 11.9 Å². The van der Waals surface area contributed by atoms with Crippen molar-refractivity contribution in [3.63, 3.8) is 0 Å². The number of carbonyl (C=O) groups is 6. The van der Waals surface area contributed by atoms with Gasteiger partial charge in [0.1, 0.15) is 17.8 Å². The van der Waals surface area contributed by atoms with Crippen molar-refractivity contribution >= 4 is 59.1 Å². The molecule has 0 saturated carbocycles. The van der Waals surface area contributed by atoms with Gasteiger partial charge in [-0.1, -0.05) is 53.4 Å². The minimum Gasteiger partial charge on any atom is -0.594 e. The number of nitrogens with one attached hydrogen (secondary N) is 2. The zero-order valence-corrected chi connectivity index (χ0v) is 25.0. The number of nitrogens with two attached hydrogens (primary N) is 2. The topological polar surface area (TPSA) is 257 Å². The summed E-state index contributed by atoms with van der Waals surface area (Å²) in [7, 11) is 0. The van der Waals surface area contributed by atoms with Gasteiger partial charge in [0.15, 0.2) is 0 Å². The second-order valence-electron chi connectivity index (χ2n) is 9.80. The van der Waals surface area contributed by atoms with Crippen LogP contribution in [0.15, 0.2) is 90.1 Å². The Bertz CT molecular complexity index is 1590. The van der Waals surface area contributed by atoms with Crippen molar-refractivity contribution < 1.29 is 43.8 Å². The fourth-order valence-electron chi connectivity index (χ4n) is 3.67. The van der Waals surface area contributed by atoms with Crippen molar-refractivity contribution in [1.29, 1.82) is 0 Å². The highest BCUT2D eigenvalue weighted by atomic mass is 16.5. The summed E-state index contributed by atoms with van der Waals surface area (Å²) in [6.07, 6.45) is 11.0. The number of amides is 4. The van der Waals surface area contributed by atoms with Crippen LogP contribution >= 0.6 is 0 Å². The first-order valence-electron chi connectivity index (χ1n) is 14.1. The summed E-state index contributed by atoms with van der Waals surface area (Å²) in [5, 5.41) is 39.4. The van der Waals surface area contributed by atoms with Gasteiger partial charge in [-0.05, 0) is 48.2 Å². The molecule has 2 aromatic rings. The van der Waals surface area contributed by atoms with Crippen LogP contribution in [0.5, 0.6) is 0 Å². The summed E-state index contributed by atoms with van der Waals surface area (Å²) < 4.78 is 0. The summed E-state index contributed by atoms with van der Waals surface area (Å²) in [4.78, 5) is 68.5. The van der Waals surface area contributed by atoms with Gasteiger partial charge in [0.25, 0.3) is 0 Å². The first kappa shape index (κ1) is 36.8. The van der Waals surface area contributed by atoms with Crippen LogP contribution in [0.4, 0.5) is 11.4 Å². The van der Waals surface area contributed by atoms with E-state index in [1.807, 2.05) is 0 Å². The second-order valence-corrected chi connectivity index (χ2v) is 9.80. The van der Waals surface area contributed by atoms with Crippen molar-refractivity contribution in [3.05, 3.63) is 101 Å². The average molecular weight is 647 g/mol. The molecule has 4 amide bonds. The van der Waals surface area contributed by atoms with Crippen LogP contribution in [0, 0.1) is 5.21 Å². The molecule has 0 fully saturated rings. The van der Waals surface area contributed by atoms with E-state index in [0.29, 0.717) is 16.1 Å². The molecule has 0 saturated heterocycles. The molecule has 0 aliphatic rings. The van der Waals surface area contributed by atoms with Crippen LogP contribution in [0.1, 0.15) is 36.8 Å². The third kappa shape index (κ3) is 14.8. The molecular weight excluding hydrogens is 612 g/mol. The zero-order chi connectivity index (χ0) is 34.8.